The van der Waals surface area contributed by atoms with Crippen LogP contribution in [0.4, 0.5) is 0 Å². The van der Waals surface area contributed by atoms with Crippen molar-refractivity contribution in [2.24, 2.45) is 0 Å². The summed E-state index contributed by atoms with van der Waals surface area (Å²) in [5, 5.41) is 2.66. The van der Waals surface area contributed by atoms with Crippen molar-refractivity contribution in [3.63, 3.8) is 0 Å². The van der Waals surface area contributed by atoms with Gasteiger partial charge in [0, 0.05) is 24.0 Å². The third-order valence-corrected chi connectivity index (χ3v) is 2.11. The lowest BCUT2D eigenvalue weighted by atomic mass is 10.2. The van der Waals surface area contributed by atoms with E-state index in [9.17, 15) is 9.59 Å². The predicted molar refractivity (Wildman–Crippen MR) is 60.3 cm³/mol. The fourth-order valence-electron chi connectivity index (χ4n) is 1.28. The van der Waals surface area contributed by atoms with E-state index in [1.807, 2.05) is 0 Å². The second-order valence-electron chi connectivity index (χ2n) is 3.32. The molecule has 0 unspecified atom stereocenters. The van der Waals surface area contributed by atoms with Crippen molar-refractivity contribution in [1.82, 2.24) is 20.3 Å². The van der Waals surface area contributed by atoms with Crippen LogP contribution in [0.3, 0.4) is 0 Å². The topological polar surface area (TPSA) is 87.7 Å². The standard InChI is InChI=1S/C11H10N4O2/c16-10-5-8(1-4-13-10)11(17)14-6-9-2-3-12-7-15-9/h1-5,7H,6H2,(H,13,16)(H,14,17). The van der Waals surface area contributed by atoms with Crippen LogP contribution in [0.5, 0.6) is 0 Å². The minimum absolute atomic E-state index is 0.300. The number of nitrogens with one attached hydrogen (secondary N) is 2. The van der Waals surface area contributed by atoms with Gasteiger partial charge in [0.25, 0.3) is 5.91 Å². The monoisotopic (exact) mass is 230 g/mol. The first kappa shape index (κ1) is 11.0. The first-order valence-electron chi connectivity index (χ1n) is 4.97. The number of H-pyrrole nitrogens is 1. The Labute approximate surface area is 96.8 Å². The maximum atomic E-state index is 11.7. The van der Waals surface area contributed by atoms with Gasteiger partial charge in [0.2, 0.25) is 5.56 Å². The van der Waals surface area contributed by atoms with Crippen LogP contribution in [0.15, 0.2) is 41.7 Å². The van der Waals surface area contributed by atoms with Crippen LogP contribution < -0.4 is 10.9 Å². The molecule has 0 aliphatic carbocycles. The molecule has 1 amide bonds. The molecular weight excluding hydrogens is 220 g/mol. The van der Waals surface area contributed by atoms with E-state index < -0.39 is 0 Å². The summed E-state index contributed by atoms with van der Waals surface area (Å²) < 4.78 is 0. The van der Waals surface area contributed by atoms with Crippen molar-refractivity contribution in [3.05, 3.63) is 58.5 Å². The lowest BCUT2D eigenvalue weighted by Crippen LogP contribution is -2.24. The van der Waals surface area contributed by atoms with E-state index in [0.717, 1.165) is 0 Å². The summed E-state index contributed by atoms with van der Waals surface area (Å²) in [4.78, 5) is 32.9. The lowest BCUT2D eigenvalue weighted by Gasteiger charge is -2.03. The van der Waals surface area contributed by atoms with Gasteiger partial charge < -0.3 is 10.3 Å². The van der Waals surface area contributed by atoms with E-state index in [2.05, 4.69) is 20.3 Å². The van der Waals surface area contributed by atoms with Gasteiger partial charge in [-0.25, -0.2) is 9.97 Å². The second kappa shape index (κ2) is 5.02. The third-order valence-electron chi connectivity index (χ3n) is 2.11. The zero-order chi connectivity index (χ0) is 12.1. The quantitative estimate of drug-likeness (QED) is 0.782. The van der Waals surface area contributed by atoms with Crippen molar-refractivity contribution in [3.8, 4) is 0 Å². The molecule has 2 aromatic heterocycles. The molecule has 6 heteroatoms. The number of aromatic nitrogens is 3. The summed E-state index contributed by atoms with van der Waals surface area (Å²) >= 11 is 0. The van der Waals surface area contributed by atoms with Crippen LogP contribution in [0.1, 0.15) is 16.1 Å². The van der Waals surface area contributed by atoms with E-state index in [0.29, 0.717) is 17.8 Å². The molecule has 6 nitrogen and oxygen atoms in total. The number of aromatic amines is 1. The van der Waals surface area contributed by atoms with Crippen molar-refractivity contribution >= 4 is 5.91 Å². The number of carbonyl (C=O) groups excluding carboxylic acids is 1. The highest BCUT2D eigenvalue weighted by Gasteiger charge is 2.05. The molecule has 2 aromatic rings. The molecule has 0 spiro atoms. The number of rotatable bonds is 3. The van der Waals surface area contributed by atoms with Gasteiger partial charge in [-0.05, 0) is 12.1 Å². The summed E-state index contributed by atoms with van der Waals surface area (Å²) in [6, 6.07) is 4.49. The number of nitrogens with zero attached hydrogens (tertiary/aromatic N) is 2. The van der Waals surface area contributed by atoms with Gasteiger partial charge in [-0.2, -0.15) is 0 Å². The Morgan fingerprint density at radius 1 is 1.41 bits per heavy atom. The molecule has 0 bridgehead atoms. The SMILES string of the molecule is O=C(NCc1ccncn1)c1cc[nH]c(=O)c1. The number of pyridine rings is 1. The Hall–Kier alpha value is -2.50. The summed E-state index contributed by atoms with van der Waals surface area (Å²) in [6.07, 6.45) is 4.44. The van der Waals surface area contributed by atoms with E-state index in [1.165, 1.54) is 24.7 Å². The Morgan fingerprint density at radius 3 is 3.00 bits per heavy atom. The maximum absolute atomic E-state index is 11.7. The van der Waals surface area contributed by atoms with E-state index in [-0.39, 0.29) is 11.5 Å². The van der Waals surface area contributed by atoms with Crippen molar-refractivity contribution in [2.45, 2.75) is 6.54 Å². The Bertz CT molecular complexity index is 565. The molecule has 0 saturated carbocycles. The molecule has 86 valence electrons. The summed E-state index contributed by atoms with van der Waals surface area (Å²) in [7, 11) is 0. The molecule has 2 N–H and O–H groups in total. The van der Waals surface area contributed by atoms with Crippen LogP contribution in [-0.2, 0) is 6.54 Å². The Kier molecular flexibility index (Phi) is 3.25. The fraction of sp³-hybridized carbons (Fsp3) is 0.0909. The molecule has 17 heavy (non-hydrogen) atoms. The molecule has 0 radical (unpaired) electrons. The van der Waals surface area contributed by atoms with Crippen molar-refractivity contribution < 1.29 is 4.79 Å². The number of carbonyl (C=O) groups is 1. The lowest BCUT2D eigenvalue weighted by molar-refractivity contribution is 0.0950. The smallest absolute Gasteiger partial charge is 0.251 e. The van der Waals surface area contributed by atoms with Crippen LogP contribution in [0.25, 0.3) is 0 Å². The summed E-state index contributed by atoms with van der Waals surface area (Å²) in [6.45, 7) is 0.300. The summed E-state index contributed by atoms with van der Waals surface area (Å²) in [5.41, 5.74) is 0.723. The van der Waals surface area contributed by atoms with Crippen LogP contribution in [0.2, 0.25) is 0 Å². The normalized spacial score (nSPS) is 9.88. The van der Waals surface area contributed by atoms with Crippen LogP contribution >= 0.6 is 0 Å². The minimum Gasteiger partial charge on any atom is -0.346 e. The van der Waals surface area contributed by atoms with Gasteiger partial charge in [-0.1, -0.05) is 0 Å². The van der Waals surface area contributed by atoms with Crippen LogP contribution in [0, 0.1) is 0 Å². The van der Waals surface area contributed by atoms with Crippen molar-refractivity contribution in [1.29, 1.82) is 0 Å². The van der Waals surface area contributed by atoms with E-state index in [4.69, 9.17) is 0 Å². The molecule has 0 aliphatic heterocycles. The summed E-state index contributed by atoms with van der Waals surface area (Å²) in [5.74, 6) is -0.310. The first-order chi connectivity index (χ1) is 8.25. The molecule has 0 aromatic carbocycles. The molecule has 0 aliphatic rings. The average molecular weight is 230 g/mol. The molecular formula is C11H10N4O2. The molecule has 2 rings (SSSR count). The third kappa shape index (κ3) is 2.97. The second-order valence-corrected chi connectivity index (χ2v) is 3.32. The molecule has 2 heterocycles. The van der Waals surface area contributed by atoms with Gasteiger partial charge in [0.05, 0.1) is 12.2 Å². The highest BCUT2D eigenvalue weighted by molar-refractivity contribution is 5.93. The number of hydrogen-bond donors (Lipinski definition) is 2. The molecule has 0 saturated heterocycles. The highest BCUT2D eigenvalue weighted by Crippen LogP contribution is 1.95. The van der Waals surface area contributed by atoms with Crippen molar-refractivity contribution in [2.75, 3.05) is 0 Å². The molecule has 0 atom stereocenters. The van der Waals surface area contributed by atoms with Gasteiger partial charge >= 0.3 is 0 Å². The minimum atomic E-state index is -0.310. The molecule has 0 fully saturated rings. The van der Waals surface area contributed by atoms with E-state index in [1.54, 1.807) is 12.3 Å². The van der Waals surface area contributed by atoms with Gasteiger partial charge in [0.15, 0.2) is 0 Å². The van der Waals surface area contributed by atoms with Gasteiger partial charge in [0.1, 0.15) is 6.33 Å². The Morgan fingerprint density at radius 2 is 2.29 bits per heavy atom. The fourth-order valence-corrected chi connectivity index (χ4v) is 1.28. The van der Waals surface area contributed by atoms with Gasteiger partial charge in [-0.3, -0.25) is 9.59 Å². The number of hydrogen-bond acceptors (Lipinski definition) is 4. The zero-order valence-electron chi connectivity index (χ0n) is 8.88. The average Bonchev–Trinajstić information content (AvgIpc) is 2.37. The first-order valence-corrected chi connectivity index (χ1v) is 4.97. The largest absolute Gasteiger partial charge is 0.346 e. The van der Waals surface area contributed by atoms with E-state index >= 15 is 0 Å². The number of amides is 1. The predicted octanol–water partition coefficient (Wildman–Crippen LogP) is 0.0949. The van der Waals surface area contributed by atoms with Crippen LogP contribution in [-0.4, -0.2) is 20.9 Å². The zero-order valence-corrected chi connectivity index (χ0v) is 8.88. The maximum Gasteiger partial charge on any atom is 0.251 e. The van der Waals surface area contributed by atoms with Gasteiger partial charge in [-0.15, -0.1) is 0 Å². The Balaban J connectivity index is 2.01. The highest BCUT2D eigenvalue weighted by atomic mass is 16.2.